The number of anilines is 1. The monoisotopic (exact) mass is 283 g/mol. The van der Waals surface area contributed by atoms with E-state index in [1.165, 1.54) is 18.4 Å². The average molecular weight is 283 g/mol. The molecular formula is C17H21N3O. The summed E-state index contributed by atoms with van der Waals surface area (Å²) in [5.41, 5.74) is 1.24. The summed E-state index contributed by atoms with van der Waals surface area (Å²) in [4.78, 5) is 9.13. The van der Waals surface area contributed by atoms with Crippen molar-refractivity contribution in [2.24, 2.45) is 0 Å². The molecule has 4 heteroatoms. The number of nitrogens with one attached hydrogen (secondary N) is 1. The van der Waals surface area contributed by atoms with Crippen LogP contribution in [-0.2, 0) is 6.54 Å². The third-order valence-corrected chi connectivity index (χ3v) is 3.43. The highest BCUT2D eigenvalue weighted by atomic mass is 16.5. The second-order valence-corrected chi connectivity index (χ2v) is 5.41. The third kappa shape index (κ3) is 3.94. The van der Waals surface area contributed by atoms with Crippen LogP contribution in [0.3, 0.4) is 0 Å². The molecule has 0 atom stereocenters. The van der Waals surface area contributed by atoms with Crippen LogP contribution < -0.4 is 10.1 Å². The van der Waals surface area contributed by atoms with E-state index >= 15 is 0 Å². The summed E-state index contributed by atoms with van der Waals surface area (Å²) < 4.78 is 5.68. The predicted octanol–water partition coefficient (Wildman–Crippen LogP) is 3.75. The van der Waals surface area contributed by atoms with Gasteiger partial charge in [0.15, 0.2) is 0 Å². The molecule has 1 aliphatic carbocycles. The highest BCUT2D eigenvalue weighted by Gasteiger charge is 2.27. The molecule has 21 heavy (non-hydrogen) atoms. The molecule has 0 saturated heterocycles. The molecule has 1 aromatic carbocycles. The molecule has 0 amide bonds. The van der Waals surface area contributed by atoms with Crippen LogP contribution in [0, 0.1) is 0 Å². The Balaban J connectivity index is 1.72. The van der Waals surface area contributed by atoms with Crippen LogP contribution >= 0.6 is 0 Å². The molecule has 1 heterocycles. The fourth-order valence-electron chi connectivity index (χ4n) is 2.13. The number of rotatable bonds is 7. The van der Waals surface area contributed by atoms with Gasteiger partial charge < -0.3 is 10.1 Å². The van der Waals surface area contributed by atoms with E-state index in [4.69, 9.17) is 4.74 Å². The van der Waals surface area contributed by atoms with E-state index in [0.717, 1.165) is 24.6 Å². The minimum absolute atomic E-state index is 0.521. The van der Waals surface area contributed by atoms with Crippen LogP contribution in [0.15, 0.2) is 36.4 Å². The molecule has 1 fully saturated rings. The van der Waals surface area contributed by atoms with Gasteiger partial charge in [-0.05, 0) is 24.8 Å². The molecule has 2 aromatic rings. The number of aromatic nitrogens is 2. The Morgan fingerprint density at radius 3 is 2.71 bits per heavy atom. The van der Waals surface area contributed by atoms with Gasteiger partial charge in [-0.15, -0.1) is 0 Å². The number of hydrogen-bond donors (Lipinski definition) is 1. The van der Waals surface area contributed by atoms with Gasteiger partial charge in [0.2, 0.25) is 5.88 Å². The van der Waals surface area contributed by atoms with Crippen molar-refractivity contribution in [1.82, 2.24) is 9.97 Å². The van der Waals surface area contributed by atoms with Crippen molar-refractivity contribution in [3.05, 3.63) is 47.8 Å². The van der Waals surface area contributed by atoms with Crippen molar-refractivity contribution in [3.63, 3.8) is 0 Å². The lowest BCUT2D eigenvalue weighted by Crippen LogP contribution is -2.06. The second kappa shape index (κ2) is 6.57. The van der Waals surface area contributed by atoms with Gasteiger partial charge >= 0.3 is 0 Å². The predicted molar refractivity (Wildman–Crippen MR) is 83.6 cm³/mol. The third-order valence-electron chi connectivity index (χ3n) is 3.43. The standard InChI is InChI=1S/C17H21N3O/c1-2-10-21-16-11-15(19-17(20-16)14-8-9-14)18-12-13-6-4-3-5-7-13/h3-7,11,14H,2,8-10,12H2,1H3,(H,18,19,20). The Kier molecular flexibility index (Phi) is 4.34. The maximum absolute atomic E-state index is 5.68. The Morgan fingerprint density at radius 1 is 1.19 bits per heavy atom. The van der Waals surface area contributed by atoms with Crippen molar-refractivity contribution in [1.29, 1.82) is 0 Å². The Bertz CT molecular complexity index is 582. The molecule has 1 N–H and O–H groups in total. The minimum atomic E-state index is 0.521. The number of ether oxygens (including phenoxy) is 1. The van der Waals surface area contributed by atoms with E-state index < -0.39 is 0 Å². The van der Waals surface area contributed by atoms with Crippen LogP contribution in [0.25, 0.3) is 0 Å². The molecular weight excluding hydrogens is 262 g/mol. The van der Waals surface area contributed by atoms with Crippen molar-refractivity contribution >= 4 is 5.82 Å². The first-order chi connectivity index (χ1) is 10.3. The van der Waals surface area contributed by atoms with Crippen LogP contribution in [-0.4, -0.2) is 16.6 Å². The van der Waals surface area contributed by atoms with Crippen LogP contribution in [0.4, 0.5) is 5.82 Å². The Labute approximate surface area is 125 Å². The molecule has 1 aromatic heterocycles. The lowest BCUT2D eigenvalue weighted by Gasteiger charge is -2.10. The topological polar surface area (TPSA) is 47.0 Å². The summed E-state index contributed by atoms with van der Waals surface area (Å²) in [6.07, 6.45) is 3.36. The highest BCUT2D eigenvalue weighted by molar-refractivity contribution is 5.40. The molecule has 0 radical (unpaired) electrons. The Hall–Kier alpha value is -2.10. The number of benzene rings is 1. The van der Waals surface area contributed by atoms with Gasteiger partial charge in [-0.2, -0.15) is 4.98 Å². The first-order valence-corrected chi connectivity index (χ1v) is 7.64. The van der Waals surface area contributed by atoms with Crippen molar-refractivity contribution in [2.45, 2.75) is 38.6 Å². The molecule has 3 rings (SSSR count). The van der Waals surface area contributed by atoms with E-state index in [1.807, 2.05) is 24.3 Å². The fraction of sp³-hybridized carbons (Fsp3) is 0.412. The largest absolute Gasteiger partial charge is 0.478 e. The van der Waals surface area contributed by atoms with E-state index in [2.05, 4.69) is 34.3 Å². The SMILES string of the molecule is CCCOc1cc(NCc2ccccc2)nc(C2CC2)n1. The van der Waals surface area contributed by atoms with Gasteiger partial charge in [0.25, 0.3) is 0 Å². The number of hydrogen-bond acceptors (Lipinski definition) is 4. The second-order valence-electron chi connectivity index (χ2n) is 5.41. The van der Waals surface area contributed by atoms with Crippen LogP contribution in [0.1, 0.15) is 43.5 Å². The highest BCUT2D eigenvalue weighted by Crippen LogP contribution is 2.39. The zero-order chi connectivity index (χ0) is 14.5. The van der Waals surface area contributed by atoms with Gasteiger partial charge in [-0.1, -0.05) is 37.3 Å². The smallest absolute Gasteiger partial charge is 0.218 e. The maximum atomic E-state index is 5.68. The maximum Gasteiger partial charge on any atom is 0.218 e. The molecule has 1 aliphatic rings. The van der Waals surface area contributed by atoms with Crippen molar-refractivity contribution in [2.75, 3.05) is 11.9 Å². The molecule has 0 unspecified atom stereocenters. The molecule has 0 spiro atoms. The Morgan fingerprint density at radius 2 is 2.00 bits per heavy atom. The summed E-state index contributed by atoms with van der Waals surface area (Å²) in [6.45, 7) is 3.55. The molecule has 0 aliphatic heterocycles. The first kappa shape index (κ1) is 13.9. The quantitative estimate of drug-likeness (QED) is 0.840. The average Bonchev–Trinajstić information content (AvgIpc) is 3.37. The molecule has 0 bridgehead atoms. The zero-order valence-corrected chi connectivity index (χ0v) is 12.4. The molecule has 110 valence electrons. The zero-order valence-electron chi connectivity index (χ0n) is 12.4. The lowest BCUT2D eigenvalue weighted by atomic mass is 10.2. The van der Waals surface area contributed by atoms with Gasteiger partial charge in [0, 0.05) is 18.5 Å². The van der Waals surface area contributed by atoms with E-state index in [9.17, 15) is 0 Å². The van der Waals surface area contributed by atoms with E-state index in [1.54, 1.807) is 0 Å². The van der Waals surface area contributed by atoms with Gasteiger partial charge in [-0.25, -0.2) is 4.98 Å². The van der Waals surface area contributed by atoms with Gasteiger partial charge in [0.05, 0.1) is 6.61 Å². The normalized spacial score (nSPS) is 14.0. The first-order valence-electron chi connectivity index (χ1n) is 7.64. The summed E-state index contributed by atoms with van der Waals surface area (Å²) in [5, 5.41) is 3.37. The number of nitrogens with zero attached hydrogens (tertiary/aromatic N) is 2. The van der Waals surface area contributed by atoms with Crippen LogP contribution in [0.2, 0.25) is 0 Å². The van der Waals surface area contributed by atoms with Crippen molar-refractivity contribution in [3.8, 4) is 5.88 Å². The van der Waals surface area contributed by atoms with E-state index in [0.29, 0.717) is 18.4 Å². The minimum Gasteiger partial charge on any atom is -0.478 e. The summed E-state index contributed by atoms with van der Waals surface area (Å²) >= 11 is 0. The van der Waals surface area contributed by atoms with E-state index in [-0.39, 0.29) is 0 Å². The van der Waals surface area contributed by atoms with Crippen molar-refractivity contribution < 1.29 is 4.74 Å². The molecule has 4 nitrogen and oxygen atoms in total. The fourth-order valence-corrected chi connectivity index (χ4v) is 2.13. The molecule has 1 saturated carbocycles. The summed E-state index contributed by atoms with van der Waals surface area (Å²) in [6, 6.07) is 12.2. The summed E-state index contributed by atoms with van der Waals surface area (Å²) in [7, 11) is 0. The van der Waals surface area contributed by atoms with Crippen LogP contribution in [0.5, 0.6) is 5.88 Å². The van der Waals surface area contributed by atoms with Gasteiger partial charge in [-0.3, -0.25) is 0 Å². The summed E-state index contributed by atoms with van der Waals surface area (Å²) in [5.74, 6) is 2.97. The van der Waals surface area contributed by atoms with Gasteiger partial charge in [0.1, 0.15) is 11.6 Å². The lowest BCUT2D eigenvalue weighted by molar-refractivity contribution is 0.303.